The molecule has 2 N–H and O–H groups in total. The van der Waals surface area contributed by atoms with Crippen molar-refractivity contribution in [1.82, 2.24) is 10.6 Å². The van der Waals surface area contributed by atoms with E-state index in [-0.39, 0.29) is 22.9 Å². The smallest absolute Gasteiger partial charge is 0.251 e. The summed E-state index contributed by atoms with van der Waals surface area (Å²) in [5.74, 6) is 0.330. The fraction of sp³-hybridized carbons (Fsp3) is 0.417. The van der Waals surface area contributed by atoms with E-state index in [1.54, 1.807) is 0 Å². The van der Waals surface area contributed by atoms with E-state index in [4.69, 9.17) is 0 Å². The van der Waals surface area contributed by atoms with Crippen LogP contribution in [0, 0.1) is 5.92 Å². The van der Waals surface area contributed by atoms with Crippen LogP contribution in [0.25, 0.3) is 0 Å². The highest BCUT2D eigenvalue weighted by molar-refractivity contribution is 5.95. The van der Waals surface area contributed by atoms with Gasteiger partial charge in [0.15, 0.2) is 0 Å². The molecule has 1 saturated carbocycles. The Morgan fingerprint density at radius 3 is 1.82 bits per heavy atom. The molecule has 2 amide bonds. The summed E-state index contributed by atoms with van der Waals surface area (Å²) < 4.78 is 0. The van der Waals surface area contributed by atoms with E-state index in [0.717, 1.165) is 25.7 Å². The largest absolute Gasteiger partial charge is 0.347 e. The highest BCUT2D eigenvalue weighted by Crippen LogP contribution is 2.37. The van der Waals surface area contributed by atoms with E-state index in [9.17, 15) is 9.59 Å². The number of benzene rings is 2. The first-order valence-electron chi connectivity index (χ1n) is 10.0. The van der Waals surface area contributed by atoms with Gasteiger partial charge in [-0.3, -0.25) is 9.59 Å². The van der Waals surface area contributed by atoms with E-state index < -0.39 is 0 Å². The van der Waals surface area contributed by atoms with E-state index in [2.05, 4.69) is 31.4 Å². The van der Waals surface area contributed by atoms with Crippen LogP contribution in [0.15, 0.2) is 60.7 Å². The van der Waals surface area contributed by atoms with Gasteiger partial charge in [-0.05, 0) is 76.6 Å². The summed E-state index contributed by atoms with van der Waals surface area (Å²) in [5.41, 5.74) is 0.883. The lowest BCUT2D eigenvalue weighted by molar-refractivity contribution is 0.0779. The van der Waals surface area contributed by atoms with E-state index in [0.29, 0.717) is 17.0 Å². The number of amides is 2. The topological polar surface area (TPSA) is 58.2 Å². The predicted molar refractivity (Wildman–Crippen MR) is 112 cm³/mol. The van der Waals surface area contributed by atoms with Gasteiger partial charge in [0.25, 0.3) is 11.8 Å². The third kappa shape index (κ3) is 4.80. The minimum Gasteiger partial charge on any atom is -0.347 e. The molecule has 4 nitrogen and oxygen atoms in total. The summed E-state index contributed by atoms with van der Waals surface area (Å²) >= 11 is 0. The normalized spacial score (nSPS) is 22.3. The molecule has 0 radical (unpaired) electrons. The van der Waals surface area contributed by atoms with Crippen molar-refractivity contribution in [2.24, 2.45) is 5.92 Å². The summed E-state index contributed by atoms with van der Waals surface area (Å²) in [7, 11) is 0. The molecule has 0 saturated heterocycles. The highest BCUT2D eigenvalue weighted by Gasteiger charge is 2.39. The van der Waals surface area contributed by atoms with Gasteiger partial charge < -0.3 is 10.6 Å². The van der Waals surface area contributed by atoms with Crippen molar-refractivity contribution in [1.29, 1.82) is 0 Å². The van der Waals surface area contributed by atoms with Crippen LogP contribution in [0.1, 0.15) is 67.2 Å². The number of rotatable bonds is 5. The predicted octanol–water partition coefficient (Wildman–Crippen LogP) is 4.57. The van der Waals surface area contributed by atoms with Crippen molar-refractivity contribution in [3.63, 3.8) is 0 Å². The average molecular weight is 379 g/mol. The lowest BCUT2D eigenvalue weighted by Gasteiger charge is -2.44. The SMILES string of the molecule is CC1(NC(=O)c2ccccc2)CCC(C(C)(C)NC(=O)c2ccccc2)CC1. The van der Waals surface area contributed by atoms with E-state index in [1.807, 2.05) is 60.7 Å². The molecule has 0 aliphatic heterocycles. The molecule has 0 atom stereocenters. The Morgan fingerprint density at radius 2 is 1.32 bits per heavy atom. The Morgan fingerprint density at radius 1 is 0.857 bits per heavy atom. The summed E-state index contributed by atoms with van der Waals surface area (Å²) in [6, 6.07) is 18.7. The first-order valence-corrected chi connectivity index (χ1v) is 10.0. The Balaban J connectivity index is 1.57. The molecule has 2 aromatic rings. The Bertz CT molecular complexity index is 807. The summed E-state index contributed by atoms with van der Waals surface area (Å²) in [6.07, 6.45) is 3.74. The first-order chi connectivity index (χ1) is 13.3. The van der Waals surface area contributed by atoms with E-state index >= 15 is 0 Å². The third-order valence-electron chi connectivity index (χ3n) is 6.03. The second-order valence-corrected chi connectivity index (χ2v) is 8.70. The summed E-state index contributed by atoms with van der Waals surface area (Å²) in [6.45, 7) is 6.33. The van der Waals surface area contributed by atoms with Gasteiger partial charge in [0.1, 0.15) is 0 Å². The molecule has 1 fully saturated rings. The van der Waals surface area contributed by atoms with Crippen LogP contribution in [-0.4, -0.2) is 22.9 Å². The fourth-order valence-corrected chi connectivity index (χ4v) is 4.09. The van der Waals surface area contributed by atoms with Crippen molar-refractivity contribution in [3.05, 3.63) is 71.8 Å². The standard InChI is InChI=1S/C24H30N2O2/c1-23(2,25-21(27)18-10-6-4-7-11-18)20-14-16-24(3,17-15-20)26-22(28)19-12-8-5-9-13-19/h4-13,20H,14-17H2,1-3H3,(H,25,27)(H,26,28). The van der Waals surface area contributed by atoms with Crippen LogP contribution in [0.5, 0.6) is 0 Å². The van der Waals surface area contributed by atoms with Gasteiger partial charge >= 0.3 is 0 Å². The van der Waals surface area contributed by atoms with Crippen LogP contribution >= 0.6 is 0 Å². The highest BCUT2D eigenvalue weighted by atomic mass is 16.2. The molecular weight excluding hydrogens is 348 g/mol. The molecule has 2 aromatic carbocycles. The third-order valence-corrected chi connectivity index (χ3v) is 6.03. The molecular formula is C24H30N2O2. The number of hydrogen-bond donors (Lipinski definition) is 2. The number of carbonyl (C=O) groups excluding carboxylic acids is 2. The van der Waals surface area contributed by atoms with Gasteiger partial charge in [-0.25, -0.2) is 0 Å². The quantitative estimate of drug-likeness (QED) is 0.800. The van der Waals surface area contributed by atoms with Crippen LogP contribution in [0.3, 0.4) is 0 Å². The molecule has 28 heavy (non-hydrogen) atoms. The molecule has 0 aromatic heterocycles. The Hall–Kier alpha value is -2.62. The van der Waals surface area contributed by atoms with Crippen LogP contribution in [0.4, 0.5) is 0 Å². The van der Waals surface area contributed by atoms with Crippen LogP contribution < -0.4 is 10.6 Å². The van der Waals surface area contributed by atoms with Gasteiger partial charge in [0.05, 0.1) is 0 Å². The maximum absolute atomic E-state index is 12.6. The van der Waals surface area contributed by atoms with Gasteiger partial charge in [-0.15, -0.1) is 0 Å². The second kappa shape index (κ2) is 8.17. The molecule has 1 aliphatic carbocycles. The molecule has 0 bridgehead atoms. The van der Waals surface area contributed by atoms with Crippen molar-refractivity contribution in [2.75, 3.05) is 0 Å². The lowest BCUT2D eigenvalue weighted by atomic mass is 9.70. The minimum absolute atomic E-state index is 0.0156. The molecule has 3 rings (SSSR count). The maximum Gasteiger partial charge on any atom is 0.251 e. The lowest BCUT2D eigenvalue weighted by Crippen LogP contribution is -2.54. The molecule has 0 spiro atoms. The molecule has 148 valence electrons. The summed E-state index contributed by atoms with van der Waals surface area (Å²) in [4.78, 5) is 25.1. The fourth-order valence-electron chi connectivity index (χ4n) is 4.09. The molecule has 0 unspecified atom stereocenters. The Kier molecular flexibility index (Phi) is 5.87. The summed E-state index contributed by atoms with van der Waals surface area (Å²) in [5, 5.41) is 6.43. The van der Waals surface area contributed by atoms with Crippen molar-refractivity contribution >= 4 is 11.8 Å². The van der Waals surface area contributed by atoms with Crippen LogP contribution in [-0.2, 0) is 0 Å². The number of carbonyl (C=O) groups is 2. The second-order valence-electron chi connectivity index (χ2n) is 8.70. The first kappa shape index (κ1) is 20.1. The monoisotopic (exact) mass is 378 g/mol. The molecule has 1 aliphatic rings. The average Bonchev–Trinajstić information content (AvgIpc) is 2.69. The zero-order valence-electron chi connectivity index (χ0n) is 17.0. The van der Waals surface area contributed by atoms with Crippen molar-refractivity contribution in [3.8, 4) is 0 Å². The molecule has 4 heteroatoms. The number of hydrogen-bond acceptors (Lipinski definition) is 2. The van der Waals surface area contributed by atoms with Gasteiger partial charge in [-0.1, -0.05) is 36.4 Å². The zero-order valence-corrected chi connectivity index (χ0v) is 17.0. The number of nitrogens with one attached hydrogen (secondary N) is 2. The minimum atomic E-state index is -0.294. The van der Waals surface area contributed by atoms with Gasteiger partial charge in [0.2, 0.25) is 0 Å². The van der Waals surface area contributed by atoms with Gasteiger partial charge in [-0.2, -0.15) is 0 Å². The zero-order chi connectivity index (χ0) is 20.2. The van der Waals surface area contributed by atoms with Gasteiger partial charge in [0, 0.05) is 22.2 Å². The van der Waals surface area contributed by atoms with E-state index in [1.165, 1.54) is 0 Å². The van der Waals surface area contributed by atoms with Crippen molar-refractivity contribution in [2.45, 2.75) is 57.5 Å². The maximum atomic E-state index is 12.6. The Labute approximate surface area is 167 Å². The van der Waals surface area contributed by atoms with Crippen LogP contribution in [0.2, 0.25) is 0 Å². The van der Waals surface area contributed by atoms with Crippen molar-refractivity contribution < 1.29 is 9.59 Å². The molecule has 0 heterocycles.